The number of likely N-dealkylation sites (N-methyl/N-ethyl adjacent to an activating group) is 1. The molecule has 2 heterocycles. The molecule has 0 radical (unpaired) electrons. The van der Waals surface area contributed by atoms with Crippen molar-refractivity contribution in [1.82, 2.24) is 18.9 Å². The summed E-state index contributed by atoms with van der Waals surface area (Å²) < 4.78 is 4.53. The Morgan fingerprint density at radius 3 is 0.955 bits per heavy atom. The van der Waals surface area contributed by atoms with E-state index >= 15 is 0 Å². The Kier molecular flexibility index (Phi) is 11.8. The molecule has 66 heavy (non-hydrogen) atoms. The summed E-state index contributed by atoms with van der Waals surface area (Å²) >= 11 is 0. The largest absolute Gasteiger partial charge is 0.505 e. The van der Waals surface area contributed by atoms with Gasteiger partial charge in [0.2, 0.25) is 0 Å². The molecule has 8 aromatic rings. The minimum absolute atomic E-state index is 0.0127. The third-order valence-corrected chi connectivity index (χ3v) is 13.8. The van der Waals surface area contributed by atoms with E-state index in [1.165, 1.54) is 43.8 Å². The maximum atomic E-state index is 12.6. The van der Waals surface area contributed by atoms with Crippen LogP contribution >= 0.6 is 0 Å². The number of benzene rings is 6. The minimum atomic E-state index is -0.0127. The van der Waals surface area contributed by atoms with E-state index in [0.29, 0.717) is 13.1 Å². The van der Waals surface area contributed by atoms with Gasteiger partial charge >= 0.3 is 0 Å². The number of phenolic OH excluding ortho intramolecular Hbond substituents is 2. The first-order valence-corrected chi connectivity index (χ1v) is 23.9. The Morgan fingerprint density at radius 2 is 0.697 bits per heavy atom. The Morgan fingerprint density at radius 1 is 0.409 bits per heavy atom. The van der Waals surface area contributed by atoms with Crippen LogP contribution in [0.15, 0.2) is 97.1 Å². The lowest BCUT2D eigenvalue weighted by atomic mass is 9.85. The average Bonchev–Trinajstić information content (AvgIpc) is 3.72. The van der Waals surface area contributed by atoms with Gasteiger partial charge in [0, 0.05) is 58.9 Å². The molecule has 0 saturated heterocycles. The van der Waals surface area contributed by atoms with Crippen molar-refractivity contribution in [2.24, 2.45) is 0 Å². The second kappa shape index (κ2) is 16.6. The molecule has 0 unspecified atom stereocenters. The SMILES string of the molecule is Cc1cc(CN(CCN(C)C)Cc2cc(C)cc(-n3c4ccc(C(C)(C)C)cc4c4cc(C(C)(C)C)ccc43)c2O)c(O)c(-n2c3ccc(C(C)(C)C)cc3c3cc(C(C)(C)C)ccc32)c1. The maximum absolute atomic E-state index is 12.6. The molecule has 6 aromatic carbocycles. The molecular formula is C60H74N4O2. The van der Waals surface area contributed by atoms with Gasteiger partial charge in [-0.25, -0.2) is 0 Å². The van der Waals surface area contributed by atoms with Crippen molar-refractivity contribution in [3.63, 3.8) is 0 Å². The standard InChI is InChI=1S/C60H74N4O2/c1-37-27-39(55(65)53(29-37)63-49-21-17-41(57(3,4)5)31-45(49)46-32-42(58(6,7)8)18-22-50(46)63)35-62(26-25-61(15)16)36-40-28-38(2)30-54(56(40)66)64-51-23-19-43(59(9,10)11)33-47(51)48-34-44(60(12,13)14)20-24-52(48)64/h17-24,27-34,65-66H,25-26,35-36H2,1-16H3. The highest BCUT2D eigenvalue weighted by Gasteiger charge is 2.26. The molecule has 6 nitrogen and oxygen atoms in total. The van der Waals surface area contributed by atoms with E-state index in [1.807, 2.05) is 0 Å². The number of aryl methyl sites for hydroxylation is 2. The Bertz CT molecular complexity index is 2800. The van der Waals surface area contributed by atoms with Crippen LogP contribution in [0.4, 0.5) is 0 Å². The molecule has 0 aliphatic rings. The van der Waals surface area contributed by atoms with E-state index in [0.717, 1.165) is 68.8 Å². The fourth-order valence-electron chi connectivity index (χ4n) is 9.72. The van der Waals surface area contributed by atoms with Crippen molar-refractivity contribution in [3.8, 4) is 22.9 Å². The van der Waals surface area contributed by atoms with Crippen LogP contribution in [0.25, 0.3) is 55.0 Å². The third kappa shape index (κ3) is 8.87. The number of nitrogens with zero attached hydrogens (tertiary/aromatic N) is 4. The van der Waals surface area contributed by atoms with Crippen molar-refractivity contribution in [1.29, 1.82) is 0 Å². The van der Waals surface area contributed by atoms with Crippen LogP contribution in [0.3, 0.4) is 0 Å². The van der Waals surface area contributed by atoms with Gasteiger partial charge in [-0.2, -0.15) is 0 Å². The predicted octanol–water partition coefficient (Wildman–Crippen LogP) is 14.7. The van der Waals surface area contributed by atoms with Gasteiger partial charge in [0.1, 0.15) is 11.5 Å². The molecule has 6 heteroatoms. The summed E-state index contributed by atoms with van der Waals surface area (Å²) in [6, 6.07) is 35.8. The number of hydrogen-bond donors (Lipinski definition) is 2. The molecule has 0 spiro atoms. The molecular weight excluding hydrogens is 809 g/mol. The summed E-state index contributed by atoms with van der Waals surface area (Å²) in [5.41, 5.74) is 14.8. The monoisotopic (exact) mass is 883 g/mol. The molecule has 0 amide bonds. The summed E-state index contributed by atoms with van der Waals surface area (Å²) in [4.78, 5) is 4.56. The zero-order valence-electron chi connectivity index (χ0n) is 42.7. The van der Waals surface area contributed by atoms with Gasteiger partial charge in [-0.3, -0.25) is 4.90 Å². The van der Waals surface area contributed by atoms with Gasteiger partial charge < -0.3 is 24.2 Å². The normalized spacial score (nSPS) is 13.2. The highest BCUT2D eigenvalue weighted by Crippen LogP contribution is 2.43. The zero-order chi connectivity index (χ0) is 48.0. The summed E-state index contributed by atoms with van der Waals surface area (Å²) in [7, 11) is 4.19. The number of aromatic nitrogens is 2. The molecule has 346 valence electrons. The first kappa shape index (κ1) is 47.0. The van der Waals surface area contributed by atoms with Crippen molar-refractivity contribution in [3.05, 3.63) is 142 Å². The van der Waals surface area contributed by atoms with E-state index in [-0.39, 0.29) is 33.2 Å². The first-order valence-electron chi connectivity index (χ1n) is 23.9. The van der Waals surface area contributed by atoms with E-state index in [1.54, 1.807) is 0 Å². The van der Waals surface area contributed by atoms with Gasteiger partial charge in [-0.15, -0.1) is 0 Å². The lowest BCUT2D eigenvalue weighted by Crippen LogP contribution is -2.31. The zero-order valence-corrected chi connectivity index (χ0v) is 42.7. The van der Waals surface area contributed by atoms with E-state index < -0.39 is 0 Å². The minimum Gasteiger partial charge on any atom is -0.505 e. The van der Waals surface area contributed by atoms with Crippen molar-refractivity contribution in [2.75, 3.05) is 27.2 Å². The number of rotatable bonds is 9. The summed E-state index contributed by atoms with van der Waals surface area (Å²) in [5.74, 6) is 0.551. The molecule has 0 bridgehead atoms. The number of hydrogen-bond acceptors (Lipinski definition) is 4. The molecule has 2 aromatic heterocycles. The van der Waals surface area contributed by atoms with Crippen molar-refractivity contribution < 1.29 is 10.2 Å². The van der Waals surface area contributed by atoms with Crippen LogP contribution in [0, 0.1) is 13.8 Å². The second-order valence-electron chi connectivity index (χ2n) is 23.7. The Labute approximate surface area is 394 Å². The summed E-state index contributed by atoms with van der Waals surface area (Å²) in [6.45, 7) is 34.0. The lowest BCUT2D eigenvalue weighted by Gasteiger charge is -2.27. The molecule has 0 fully saturated rings. The molecule has 2 N–H and O–H groups in total. The van der Waals surface area contributed by atoms with E-state index in [4.69, 9.17) is 0 Å². The summed E-state index contributed by atoms with van der Waals surface area (Å²) in [5, 5.41) is 29.9. The fraction of sp³-hybridized carbons (Fsp3) is 0.400. The van der Waals surface area contributed by atoms with Crippen LogP contribution < -0.4 is 0 Å². The molecule has 0 saturated carbocycles. The Hall–Kier alpha value is -5.56. The smallest absolute Gasteiger partial charge is 0.144 e. The predicted molar refractivity (Wildman–Crippen MR) is 282 cm³/mol. The van der Waals surface area contributed by atoms with Crippen molar-refractivity contribution in [2.45, 2.75) is 132 Å². The fourth-order valence-corrected chi connectivity index (χ4v) is 9.72. The van der Waals surface area contributed by atoms with Gasteiger partial charge in [-0.1, -0.05) is 119 Å². The van der Waals surface area contributed by atoms with Gasteiger partial charge in [0.15, 0.2) is 0 Å². The quantitative estimate of drug-likeness (QED) is 0.152. The number of phenols is 2. The lowest BCUT2D eigenvalue weighted by molar-refractivity contribution is 0.221. The van der Waals surface area contributed by atoms with Gasteiger partial charge in [0.05, 0.1) is 33.4 Å². The molecule has 0 aliphatic heterocycles. The number of aromatic hydroxyl groups is 2. The second-order valence-corrected chi connectivity index (χ2v) is 23.7. The molecule has 0 aliphatic carbocycles. The van der Waals surface area contributed by atoms with Crippen LogP contribution in [0.1, 0.15) is 128 Å². The van der Waals surface area contributed by atoms with Gasteiger partial charge in [0.25, 0.3) is 0 Å². The van der Waals surface area contributed by atoms with E-state index in [2.05, 4.69) is 227 Å². The first-order chi connectivity index (χ1) is 30.7. The van der Waals surface area contributed by atoms with Crippen molar-refractivity contribution >= 4 is 43.6 Å². The van der Waals surface area contributed by atoms with Crippen LogP contribution in [-0.4, -0.2) is 56.3 Å². The van der Waals surface area contributed by atoms with Gasteiger partial charge in [-0.05, 0) is 144 Å². The number of fused-ring (bicyclic) bond motifs is 6. The topological polar surface area (TPSA) is 56.8 Å². The van der Waals surface area contributed by atoms with Crippen LogP contribution in [0.5, 0.6) is 11.5 Å². The Balaban J connectivity index is 1.25. The third-order valence-electron chi connectivity index (χ3n) is 13.8. The average molecular weight is 883 g/mol. The highest BCUT2D eigenvalue weighted by atomic mass is 16.3. The van der Waals surface area contributed by atoms with Crippen LogP contribution in [0.2, 0.25) is 0 Å². The van der Waals surface area contributed by atoms with E-state index in [9.17, 15) is 10.2 Å². The highest BCUT2D eigenvalue weighted by molar-refractivity contribution is 6.11. The maximum Gasteiger partial charge on any atom is 0.144 e. The van der Waals surface area contributed by atoms with Crippen LogP contribution in [-0.2, 0) is 34.7 Å². The summed E-state index contributed by atoms with van der Waals surface area (Å²) in [6.07, 6.45) is 0. The molecule has 8 rings (SSSR count). The molecule has 0 atom stereocenters.